The van der Waals surface area contributed by atoms with E-state index in [1.54, 1.807) is 4.68 Å². The second kappa shape index (κ2) is 7.93. The van der Waals surface area contributed by atoms with Crippen molar-refractivity contribution in [1.82, 2.24) is 24.5 Å². The number of carbonyl (C=O) groups excluding carboxylic acids is 1. The van der Waals surface area contributed by atoms with Gasteiger partial charge in [0, 0.05) is 52.0 Å². The number of likely N-dealkylation sites (tertiary alicyclic amines) is 1. The standard InChI is InChI=1S/C21H29N5O2/c1-16-18(20(27)26(23(16)2)17-8-4-3-5-9-17)14-24-13-10-22-19(15-24)21(28)25-11-6-7-12-25/h3-5,8-9,19,22H,6-7,10-15H2,1-2H3/t19-/m1/s1. The van der Waals surface area contributed by atoms with E-state index in [2.05, 4.69) is 10.2 Å². The first-order chi connectivity index (χ1) is 13.6. The van der Waals surface area contributed by atoms with Crippen LogP contribution in [0, 0.1) is 6.92 Å². The van der Waals surface area contributed by atoms with Gasteiger partial charge in [0.15, 0.2) is 0 Å². The van der Waals surface area contributed by atoms with Crippen molar-refractivity contribution < 1.29 is 4.79 Å². The summed E-state index contributed by atoms with van der Waals surface area (Å²) in [6.07, 6.45) is 2.20. The lowest BCUT2D eigenvalue weighted by atomic mass is 10.1. The second-order valence-electron chi connectivity index (χ2n) is 7.81. The molecule has 2 aliphatic heterocycles. The smallest absolute Gasteiger partial charge is 0.276 e. The molecule has 0 bridgehead atoms. The second-order valence-corrected chi connectivity index (χ2v) is 7.81. The van der Waals surface area contributed by atoms with Crippen molar-refractivity contribution in [3.63, 3.8) is 0 Å². The Hall–Kier alpha value is -2.38. The highest BCUT2D eigenvalue weighted by Gasteiger charge is 2.31. The number of carbonyl (C=O) groups is 1. The molecule has 2 fully saturated rings. The summed E-state index contributed by atoms with van der Waals surface area (Å²) in [4.78, 5) is 30.1. The summed E-state index contributed by atoms with van der Waals surface area (Å²) in [5, 5.41) is 3.36. The first-order valence-electron chi connectivity index (χ1n) is 10.1. The summed E-state index contributed by atoms with van der Waals surface area (Å²) in [6.45, 7) is 6.56. The van der Waals surface area contributed by atoms with E-state index >= 15 is 0 Å². The van der Waals surface area contributed by atoms with Crippen LogP contribution in [0.3, 0.4) is 0 Å². The third-order valence-electron chi connectivity index (χ3n) is 6.03. The van der Waals surface area contributed by atoms with Crippen molar-refractivity contribution >= 4 is 5.91 Å². The summed E-state index contributed by atoms with van der Waals surface area (Å²) in [7, 11) is 1.92. The maximum Gasteiger partial charge on any atom is 0.276 e. The summed E-state index contributed by atoms with van der Waals surface area (Å²) >= 11 is 0. The van der Waals surface area contributed by atoms with Crippen LogP contribution in [0.2, 0.25) is 0 Å². The zero-order valence-corrected chi connectivity index (χ0v) is 16.7. The number of benzene rings is 1. The van der Waals surface area contributed by atoms with Gasteiger partial charge in [0.1, 0.15) is 0 Å². The quantitative estimate of drug-likeness (QED) is 0.852. The normalized spacial score (nSPS) is 20.6. The number of aromatic nitrogens is 2. The number of hydrogen-bond donors (Lipinski definition) is 1. The first-order valence-corrected chi connectivity index (χ1v) is 10.1. The Morgan fingerprint density at radius 2 is 1.86 bits per heavy atom. The zero-order chi connectivity index (χ0) is 19.7. The highest BCUT2D eigenvalue weighted by Crippen LogP contribution is 2.15. The van der Waals surface area contributed by atoms with Crippen molar-refractivity contribution in [2.75, 3.05) is 32.7 Å². The molecule has 3 heterocycles. The lowest BCUT2D eigenvalue weighted by Gasteiger charge is -2.34. The minimum Gasteiger partial charge on any atom is -0.341 e. The Kier molecular flexibility index (Phi) is 5.37. The van der Waals surface area contributed by atoms with Gasteiger partial charge < -0.3 is 10.2 Å². The topological polar surface area (TPSA) is 62.5 Å². The molecule has 1 N–H and O–H groups in total. The summed E-state index contributed by atoms with van der Waals surface area (Å²) in [5.74, 6) is 0.202. The highest BCUT2D eigenvalue weighted by atomic mass is 16.2. The van der Waals surface area contributed by atoms with Crippen LogP contribution in [0.15, 0.2) is 35.1 Å². The maximum absolute atomic E-state index is 13.1. The minimum atomic E-state index is -0.174. The van der Waals surface area contributed by atoms with Gasteiger partial charge in [-0.2, -0.15) is 0 Å². The third kappa shape index (κ3) is 3.52. The molecule has 0 radical (unpaired) electrons. The monoisotopic (exact) mass is 383 g/mol. The van der Waals surface area contributed by atoms with Gasteiger partial charge in [-0.3, -0.25) is 19.2 Å². The Morgan fingerprint density at radius 3 is 2.57 bits per heavy atom. The Bertz CT molecular complexity index is 896. The number of piperazine rings is 1. The molecule has 2 aliphatic rings. The molecule has 2 aromatic rings. The van der Waals surface area contributed by atoms with Crippen molar-refractivity contribution in [3.8, 4) is 5.69 Å². The largest absolute Gasteiger partial charge is 0.341 e. The average molecular weight is 383 g/mol. The van der Waals surface area contributed by atoms with Gasteiger partial charge in [0.05, 0.1) is 17.3 Å². The van der Waals surface area contributed by atoms with Crippen LogP contribution in [0.4, 0.5) is 0 Å². The van der Waals surface area contributed by atoms with Gasteiger partial charge in [-0.15, -0.1) is 0 Å². The Morgan fingerprint density at radius 1 is 1.14 bits per heavy atom. The summed E-state index contributed by atoms with van der Waals surface area (Å²) in [5.41, 5.74) is 2.66. The molecule has 0 saturated carbocycles. The molecule has 150 valence electrons. The van der Waals surface area contributed by atoms with Crippen molar-refractivity contribution in [3.05, 3.63) is 51.9 Å². The van der Waals surface area contributed by atoms with Crippen LogP contribution in [-0.4, -0.2) is 63.8 Å². The van der Waals surface area contributed by atoms with E-state index in [9.17, 15) is 9.59 Å². The summed E-state index contributed by atoms with van der Waals surface area (Å²) < 4.78 is 3.64. The molecule has 28 heavy (non-hydrogen) atoms. The van der Waals surface area contributed by atoms with Crippen LogP contribution in [0.1, 0.15) is 24.1 Å². The number of hydrogen-bond acceptors (Lipinski definition) is 4. The Balaban J connectivity index is 1.53. The molecule has 0 aliphatic carbocycles. The van der Waals surface area contributed by atoms with Gasteiger partial charge in [0.2, 0.25) is 5.91 Å². The zero-order valence-electron chi connectivity index (χ0n) is 16.7. The van der Waals surface area contributed by atoms with E-state index in [0.29, 0.717) is 13.1 Å². The third-order valence-corrected chi connectivity index (χ3v) is 6.03. The van der Waals surface area contributed by atoms with Gasteiger partial charge in [-0.1, -0.05) is 18.2 Å². The number of nitrogens with zero attached hydrogens (tertiary/aromatic N) is 4. The molecule has 7 heteroatoms. The predicted molar refractivity (Wildman–Crippen MR) is 109 cm³/mol. The van der Waals surface area contributed by atoms with Crippen LogP contribution >= 0.6 is 0 Å². The average Bonchev–Trinajstić information content (AvgIpc) is 3.32. The maximum atomic E-state index is 13.1. The summed E-state index contributed by atoms with van der Waals surface area (Å²) in [6, 6.07) is 9.54. The molecule has 1 aromatic carbocycles. The highest BCUT2D eigenvalue weighted by molar-refractivity contribution is 5.82. The van der Waals surface area contributed by atoms with Crippen LogP contribution in [0.25, 0.3) is 5.69 Å². The molecule has 1 atom stereocenters. The molecule has 1 aromatic heterocycles. The SMILES string of the molecule is Cc1c(CN2CCN[C@@H](C(=O)N3CCCC3)C2)c(=O)n(-c2ccccc2)n1C. The van der Waals surface area contributed by atoms with E-state index in [-0.39, 0.29) is 17.5 Å². The molecule has 0 spiro atoms. The molecule has 2 saturated heterocycles. The lowest BCUT2D eigenvalue weighted by Crippen LogP contribution is -2.57. The molecule has 0 unspecified atom stereocenters. The fourth-order valence-corrected chi connectivity index (χ4v) is 4.31. The van der Waals surface area contributed by atoms with Gasteiger partial charge in [-0.05, 0) is 31.9 Å². The number of nitrogens with one attached hydrogen (secondary N) is 1. The van der Waals surface area contributed by atoms with Gasteiger partial charge in [0.25, 0.3) is 5.56 Å². The van der Waals surface area contributed by atoms with E-state index in [1.807, 2.05) is 53.9 Å². The molecule has 1 amide bonds. The Labute approximate surface area is 165 Å². The van der Waals surface area contributed by atoms with E-state index in [4.69, 9.17) is 0 Å². The van der Waals surface area contributed by atoms with E-state index < -0.39 is 0 Å². The number of rotatable bonds is 4. The lowest BCUT2D eigenvalue weighted by molar-refractivity contribution is -0.133. The van der Waals surface area contributed by atoms with Crippen LogP contribution in [0.5, 0.6) is 0 Å². The molecule has 7 nitrogen and oxygen atoms in total. The van der Waals surface area contributed by atoms with Gasteiger partial charge >= 0.3 is 0 Å². The van der Waals surface area contributed by atoms with Crippen molar-refractivity contribution in [2.45, 2.75) is 32.4 Å². The van der Waals surface area contributed by atoms with Crippen LogP contribution < -0.4 is 10.9 Å². The van der Waals surface area contributed by atoms with Crippen molar-refractivity contribution in [1.29, 1.82) is 0 Å². The first kappa shape index (κ1) is 19.0. The number of para-hydroxylation sites is 1. The van der Waals surface area contributed by atoms with Crippen molar-refractivity contribution in [2.24, 2.45) is 7.05 Å². The fraction of sp³-hybridized carbons (Fsp3) is 0.524. The molecular formula is C21H29N5O2. The predicted octanol–water partition coefficient (Wildman–Crippen LogP) is 0.881. The molecular weight excluding hydrogens is 354 g/mol. The minimum absolute atomic E-state index is 0.0205. The van der Waals surface area contributed by atoms with Gasteiger partial charge in [-0.25, -0.2) is 4.68 Å². The van der Waals surface area contributed by atoms with Crippen LogP contribution in [-0.2, 0) is 18.4 Å². The fourth-order valence-electron chi connectivity index (χ4n) is 4.31. The van der Waals surface area contributed by atoms with E-state index in [0.717, 1.165) is 56.0 Å². The number of amides is 1. The molecule has 4 rings (SSSR count). The van der Waals surface area contributed by atoms with E-state index in [1.165, 1.54) is 0 Å².